The number of anilines is 1. The lowest BCUT2D eigenvalue weighted by Crippen LogP contribution is -2.11. The lowest BCUT2D eigenvalue weighted by Gasteiger charge is -2.00. The molecule has 1 aromatic carbocycles. The summed E-state index contributed by atoms with van der Waals surface area (Å²) in [7, 11) is 1.58. The van der Waals surface area contributed by atoms with Crippen LogP contribution in [0.5, 0.6) is 0 Å². The maximum absolute atomic E-state index is 11.8. The van der Waals surface area contributed by atoms with Crippen LogP contribution in [0.4, 0.5) is 5.13 Å². The molecule has 7 heteroatoms. The first-order valence-corrected chi connectivity index (χ1v) is 6.26. The number of ether oxygens (including phenoxy) is 1. The van der Waals surface area contributed by atoms with Crippen molar-refractivity contribution >= 4 is 34.0 Å². The van der Waals surface area contributed by atoms with Crippen molar-refractivity contribution in [3.63, 3.8) is 0 Å². The fraction of sp³-hybridized carbons (Fsp3) is 0.182. The Bertz CT molecular complexity index is 541. The number of nitrogens with one attached hydrogen (secondary N) is 1. The monoisotopic (exact) mass is 283 g/mol. The van der Waals surface area contributed by atoms with Gasteiger partial charge in [-0.2, -0.15) is 0 Å². The average Bonchev–Trinajstić information content (AvgIpc) is 2.78. The van der Waals surface area contributed by atoms with Gasteiger partial charge in [-0.1, -0.05) is 22.9 Å². The Labute approximate surface area is 113 Å². The summed E-state index contributed by atoms with van der Waals surface area (Å²) in [5, 5.41) is 12.1. The number of rotatable bonds is 4. The number of amides is 1. The van der Waals surface area contributed by atoms with E-state index in [-0.39, 0.29) is 5.91 Å². The van der Waals surface area contributed by atoms with Crippen LogP contribution in [0.2, 0.25) is 5.02 Å². The number of halogens is 1. The van der Waals surface area contributed by atoms with E-state index in [9.17, 15) is 4.79 Å². The molecule has 2 rings (SSSR count). The first-order valence-electron chi connectivity index (χ1n) is 5.07. The second-order valence-corrected chi connectivity index (χ2v) is 4.89. The molecule has 94 valence electrons. The highest BCUT2D eigenvalue weighted by Crippen LogP contribution is 2.17. The standard InChI is InChI=1S/C11H10ClN3O2S/c1-17-6-9-14-15-11(18-9)13-10(16)7-2-4-8(12)5-3-7/h2-5H,6H2,1H3,(H,13,15,16). The smallest absolute Gasteiger partial charge is 0.257 e. The summed E-state index contributed by atoms with van der Waals surface area (Å²) in [6.07, 6.45) is 0. The minimum Gasteiger partial charge on any atom is -0.377 e. The Balaban J connectivity index is 2.04. The van der Waals surface area contributed by atoms with Crippen molar-refractivity contribution < 1.29 is 9.53 Å². The summed E-state index contributed by atoms with van der Waals surface area (Å²) >= 11 is 7.03. The van der Waals surface area contributed by atoms with Gasteiger partial charge in [0.05, 0.1) is 0 Å². The molecule has 0 saturated heterocycles. The molecule has 18 heavy (non-hydrogen) atoms. The molecule has 2 aromatic rings. The minimum absolute atomic E-state index is 0.244. The maximum atomic E-state index is 11.8. The number of hydrogen-bond acceptors (Lipinski definition) is 5. The van der Waals surface area contributed by atoms with Crippen molar-refractivity contribution in [3.8, 4) is 0 Å². The molecule has 0 saturated carbocycles. The molecule has 0 unspecified atom stereocenters. The van der Waals surface area contributed by atoms with Crippen LogP contribution in [0.3, 0.4) is 0 Å². The molecular weight excluding hydrogens is 274 g/mol. The Morgan fingerprint density at radius 1 is 1.39 bits per heavy atom. The number of hydrogen-bond donors (Lipinski definition) is 1. The van der Waals surface area contributed by atoms with E-state index in [1.165, 1.54) is 11.3 Å². The van der Waals surface area contributed by atoms with Gasteiger partial charge in [-0.3, -0.25) is 10.1 Å². The molecule has 0 fully saturated rings. The SMILES string of the molecule is COCc1nnc(NC(=O)c2ccc(Cl)cc2)s1. The quantitative estimate of drug-likeness (QED) is 0.937. The van der Waals surface area contributed by atoms with Crippen molar-refractivity contribution in [3.05, 3.63) is 39.9 Å². The summed E-state index contributed by atoms with van der Waals surface area (Å²) in [5.74, 6) is -0.244. The maximum Gasteiger partial charge on any atom is 0.257 e. The van der Waals surface area contributed by atoms with E-state index < -0.39 is 0 Å². The van der Waals surface area contributed by atoms with Crippen LogP contribution in [0, 0.1) is 0 Å². The summed E-state index contributed by atoms with van der Waals surface area (Å²) in [6.45, 7) is 0.383. The van der Waals surface area contributed by atoms with E-state index in [2.05, 4.69) is 15.5 Å². The van der Waals surface area contributed by atoms with Gasteiger partial charge < -0.3 is 4.74 Å². The zero-order chi connectivity index (χ0) is 13.0. The van der Waals surface area contributed by atoms with Crippen LogP contribution in [-0.2, 0) is 11.3 Å². The van der Waals surface area contributed by atoms with Gasteiger partial charge in [-0.05, 0) is 24.3 Å². The van der Waals surface area contributed by atoms with Crippen LogP contribution in [0.25, 0.3) is 0 Å². The molecule has 1 heterocycles. The van der Waals surface area contributed by atoms with Crippen molar-refractivity contribution in [1.29, 1.82) is 0 Å². The van der Waals surface area contributed by atoms with E-state index in [4.69, 9.17) is 16.3 Å². The molecule has 0 atom stereocenters. The molecule has 0 aliphatic heterocycles. The molecular formula is C11H10ClN3O2S. The van der Waals surface area contributed by atoms with Gasteiger partial charge in [-0.15, -0.1) is 10.2 Å². The topological polar surface area (TPSA) is 64.1 Å². The van der Waals surface area contributed by atoms with Crippen LogP contribution in [0.1, 0.15) is 15.4 Å². The van der Waals surface area contributed by atoms with E-state index in [1.807, 2.05) is 0 Å². The van der Waals surface area contributed by atoms with Gasteiger partial charge in [0.25, 0.3) is 5.91 Å². The molecule has 0 spiro atoms. The van der Waals surface area contributed by atoms with E-state index >= 15 is 0 Å². The van der Waals surface area contributed by atoms with Gasteiger partial charge in [0, 0.05) is 17.7 Å². The molecule has 0 radical (unpaired) electrons. The second-order valence-electron chi connectivity index (χ2n) is 3.39. The summed E-state index contributed by atoms with van der Waals surface area (Å²) in [4.78, 5) is 11.8. The lowest BCUT2D eigenvalue weighted by atomic mass is 10.2. The van der Waals surface area contributed by atoms with Crippen LogP contribution in [0.15, 0.2) is 24.3 Å². The molecule has 0 aliphatic rings. The van der Waals surface area contributed by atoms with Crippen LogP contribution >= 0.6 is 22.9 Å². The van der Waals surface area contributed by atoms with Crippen molar-refractivity contribution in [1.82, 2.24) is 10.2 Å². The number of methoxy groups -OCH3 is 1. The van der Waals surface area contributed by atoms with Gasteiger partial charge in [0.15, 0.2) is 0 Å². The highest BCUT2D eigenvalue weighted by molar-refractivity contribution is 7.15. The number of aromatic nitrogens is 2. The normalized spacial score (nSPS) is 10.3. The third kappa shape index (κ3) is 3.25. The molecule has 0 bridgehead atoms. The molecule has 1 aromatic heterocycles. The zero-order valence-corrected chi connectivity index (χ0v) is 11.1. The average molecular weight is 284 g/mol. The molecule has 1 N–H and O–H groups in total. The fourth-order valence-electron chi connectivity index (χ4n) is 1.26. The second kappa shape index (κ2) is 5.90. The fourth-order valence-corrected chi connectivity index (χ4v) is 2.09. The first kappa shape index (κ1) is 12.9. The summed E-state index contributed by atoms with van der Waals surface area (Å²) < 4.78 is 4.92. The van der Waals surface area contributed by atoms with Gasteiger partial charge in [-0.25, -0.2) is 0 Å². The summed E-state index contributed by atoms with van der Waals surface area (Å²) in [5.41, 5.74) is 0.517. The van der Waals surface area contributed by atoms with Crippen molar-refractivity contribution in [2.24, 2.45) is 0 Å². The number of benzene rings is 1. The number of carbonyl (C=O) groups excluding carboxylic acids is 1. The Hall–Kier alpha value is -1.50. The van der Waals surface area contributed by atoms with E-state index in [1.54, 1.807) is 31.4 Å². The molecule has 5 nitrogen and oxygen atoms in total. The van der Waals surface area contributed by atoms with Gasteiger partial charge in [0.1, 0.15) is 11.6 Å². The summed E-state index contributed by atoms with van der Waals surface area (Å²) in [6, 6.07) is 6.61. The van der Waals surface area contributed by atoms with Crippen molar-refractivity contribution in [2.75, 3.05) is 12.4 Å². The van der Waals surface area contributed by atoms with Gasteiger partial charge >= 0.3 is 0 Å². The van der Waals surface area contributed by atoms with E-state index in [0.717, 1.165) is 0 Å². The van der Waals surface area contributed by atoms with Crippen LogP contribution < -0.4 is 5.32 Å². The van der Waals surface area contributed by atoms with Crippen LogP contribution in [-0.4, -0.2) is 23.2 Å². The van der Waals surface area contributed by atoms with Gasteiger partial charge in [0.2, 0.25) is 5.13 Å². The highest BCUT2D eigenvalue weighted by Gasteiger charge is 2.09. The largest absolute Gasteiger partial charge is 0.377 e. The Kier molecular flexibility index (Phi) is 4.24. The predicted octanol–water partition coefficient (Wildman–Crippen LogP) is 2.59. The number of carbonyl (C=O) groups is 1. The minimum atomic E-state index is -0.244. The predicted molar refractivity (Wildman–Crippen MR) is 70.0 cm³/mol. The highest BCUT2D eigenvalue weighted by atomic mass is 35.5. The molecule has 0 aliphatic carbocycles. The van der Waals surface area contributed by atoms with E-state index in [0.29, 0.717) is 27.3 Å². The zero-order valence-electron chi connectivity index (χ0n) is 9.51. The third-order valence-electron chi connectivity index (χ3n) is 2.06. The van der Waals surface area contributed by atoms with Crippen molar-refractivity contribution in [2.45, 2.75) is 6.61 Å². The molecule has 1 amide bonds. The lowest BCUT2D eigenvalue weighted by molar-refractivity contribution is 0.102. The number of nitrogens with zero attached hydrogens (tertiary/aromatic N) is 2. The Morgan fingerprint density at radius 2 is 2.11 bits per heavy atom. The Morgan fingerprint density at radius 3 is 2.78 bits per heavy atom. The first-order chi connectivity index (χ1) is 8.69. The third-order valence-corrected chi connectivity index (χ3v) is 3.13.